The Morgan fingerprint density at radius 1 is 0.692 bits per heavy atom. The van der Waals surface area contributed by atoms with Crippen molar-refractivity contribution in [2.75, 3.05) is 0 Å². The van der Waals surface area contributed by atoms with Crippen LogP contribution in [0.4, 0.5) is 0 Å². The van der Waals surface area contributed by atoms with Gasteiger partial charge in [0.25, 0.3) is 0 Å². The molecule has 0 radical (unpaired) electrons. The van der Waals surface area contributed by atoms with Crippen LogP contribution in [0.3, 0.4) is 0 Å². The average molecular weight is 356 g/mol. The van der Waals surface area contributed by atoms with Crippen molar-refractivity contribution in [3.8, 4) is 28.2 Å². The molecule has 2 nitrogen and oxygen atoms in total. The zero-order chi connectivity index (χ0) is 18.1. The smallest absolute Gasteiger partial charge is 0.182 e. The number of H-pyrrole nitrogens is 1. The Morgan fingerprint density at radius 3 is 1.81 bits per heavy atom. The molecular weight excluding hydrogens is 336 g/mol. The molecule has 1 N–H and O–H groups in total. The molecule has 0 atom stereocenters. The van der Waals surface area contributed by atoms with E-state index in [1.165, 1.54) is 11.1 Å². The van der Waals surface area contributed by atoms with Crippen molar-refractivity contribution in [2.45, 2.75) is 13.8 Å². The highest BCUT2D eigenvalue weighted by atomic mass is 32.1. The van der Waals surface area contributed by atoms with Gasteiger partial charge in [-0.1, -0.05) is 78.9 Å². The molecule has 4 aromatic rings. The second-order valence-corrected chi connectivity index (χ2v) is 6.85. The first-order chi connectivity index (χ1) is 12.7. The van der Waals surface area contributed by atoms with Gasteiger partial charge in [0, 0.05) is 11.1 Å². The molecule has 0 aliphatic rings. The summed E-state index contributed by atoms with van der Waals surface area (Å²) in [7, 11) is 0. The molecule has 0 fully saturated rings. The molecular formula is C23H20N2S. The number of nitrogens with one attached hydrogen (secondary N) is 1. The summed E-state index contributed by atoms with van der Waals surface area (Å²) in [5.41, 5.74) is 7.97. The standard InChI is InChI=1S/C23H20N2S/c1-16-10-9-11-17(2)21(16)25-22(19-14-7-4-8-15-19)20(24-23(25)26)18-12-5-3-6-13-18/h3-15H,1-2H3,(H,24,26). The zero-order valence-electron chi connectivity index (χ0n) is 14.9. The molecule has 3 heteroatoms. The summed E-state index contributed by atoms with van der Waals surface area (Å²) in [6, 6.07) is 27.2. The molecule has 0 unspecified atom stereocenters. The lowest BCUT2D eigenvalue weighted by Gasteiger charge is -2.15. The normalized spacial score (nSPS) is 10.8. The Bertz CT molecular complexity index is 1090. The fraction of sp³-hybridized carbons (Fsp3) is 0.0870. The van der Waals surface area contributed by atoms with Gasteiger partial charge < -0.3 is 4.98 Å². The van der Waals surface area contributed by atoms with Gasteiger partial charge in [-0.2, -0.15) is 0 Å². The van der Waals surface area contributed by atoms with Crippen LogP contribution in [0.2, 0.25) is 0 Å². The number of nitrogens with zero attached hydrogens (tertiary/aromatic N) is 1. The first-order valence-corrected chi connectivity index (χ1v) is 9.10. The number of aryl methyl sites for hydroxylation is 2. The molecule has 128 valence electrons. The van der Waals surface area contributed by atoms with E-state index in [9.17, 15) is 0 Å². The minimum atomic E-state index is 0.708. The second kappa shape index (κ2) is 6.77. The van der Waals surface area contributed by atoms with Crippen LogP contribution in [0.5, 0.6) is 0 Å². The number of imidazole rings is 1. The zero-order valence-corrected chi connectivity index (χ0v) is 15.7. The third kappa shape index (κ3) is 2.80. The molecule has 1 aromatic heterocycles. The molecule has 0 aliphatic heterocycles. The van der Waals surface area contributed by atoms with E-state index in [2.05, 4.69) is 90.1 Å². The van der Waals surface area contributed by atoms with E-state index in [1.54, 1.807) is 0 Å². The van der Waals surface area contributed by atoms with Crippen molar-refractivity contribution in [1.82, 2.24) is 9.55 Å². The van der Waals surface area contributed by atoms with Crippen molar-refractivity contribution < 1.29 is 0 Å². The van der Waals surface area contributed by atoms with Gasteiger partial charge in [0.1, 0.15) is 0 Å². The first-order valence-electron chi connectivity index (χ1n) is 8.69. The van der Waals surface area contributed by atoms with Gasteiger partial charge in [-0.25, -0.2) is 0 Å². The molecule has 26 heavy (non-hydrogen) atoms. The van der Waals surface area contributed by atoms with E-state index >= 15 is 0 Å². The minimum Gasteiger partial charge on any atom is -0.330 e. The largest absolute Gasteiger partial charge is 0.330 e. The van der Waals surface area contributed by atoms with Gasteiger partial charge in [-0.3, -0.25) is 4.57 Å². The first kappa shape index (κ1) is 16.6. The average Bonchev–Trinajstić information content (AvgIpc) is 3.00. The molecule has 1 heterocycles. The summed E-state index contributed by atoms with van der Waals surface area (Å²) in [4.78, 5) is 3.46. The fourth-order valence-corrected chi connectivity index (χ4v) is 3.77. The highest BCUT2D eigenvalue weighted by molar-refractivity contribution is 7.71. The Labute approximate surface area is 158 Å². The van der Waals surface area contributed by atoms with Gasteiger partial charge in [0.05, 0.1) is 17.1 Å². The Hall–Kier alpha value is -2.91. The summed E-state index contributed by atoms with van der Waals surface area (Å²) < 4.78 is 2.89. The number of aromatic nitrogens is 2. The third-order valence-electron chi connectivity index (χ3n) is 4.67. The molecule has 0 amide bonds. The fourth-order valence-electron chi connectivity index (χ4n) is 3.49. The number of benzene rings is 3. The van der Waals surface area contributed by atoms with Crippen LogP contribution < -0.4 is 0 Å². The second-order valence-electron chi connectivity index (χ2n) is 6.46. The van der Waals surface area contributed by atoms with E-state index < -0.39 is 0 Å². The van der Waals surface area contributed by atoms with Crippen LogP contribution in [-0.4, -0.2) is 9.55 Å². The highest BCUT2D eigenvalue weighted by Crippen LogP contribution is 2.35. The summed E-state index contributed by atoms with van der Waals surface area (Å²) in [5.74, 6) is 0. The number of aromatic amines is 1. The summed E-state index contributed by atoms with van der Waals surface area (Å²) >= 11 is 5.77. The summed E-state index contributed by atoms with van der Waals surface area (Å²) in [6.45, 7) is 4.27. The van der Waals surface area contributed by atoms with Crippen molar-refractivity contribution in [1.29, 1.82) is 0 Å². The maximum atomic E-state index is 5.77. The van der Waals surface area contributed by atoms with E-state index in [4.69, 9.17) is 12.2 Å². The van der Waals surface area contributed by atoms with Crippen molar-refractivity contribution >= 4 is 12.2 Å². The Balaban J connectivity index is 2.11. The van der Waals surface area contributed by atoms with Crippen molar-refractivity contribution in [2.24, 2.45) is 0 Å². The van der Waals surface area contributed by atoms with Crippen LogP contribution in [-0.2, 0) is 0 Å². The maximum absolute atomic E-state index is 5.77. The summed E-state index contributed by atoms with van der Waals surface area (Å²) in [5, 5.41) is 0. The highest BCUT2D eigenvalue weighted by Gasteiger charge is 2.19. The SMILES string of the molecule is Cc1cccc(C)c1-n1c(-c2ccccc2)c(-c2ccccc2)[nH]c1=S. The molecule has 3 aromatic carbocycles. The van der Waals surface area contributed by atoms with E-state index in [1.807, 2.05) is 12.1 Å². The third-order valence-corrected chi connectivity index (χ3v) is 4.95. The predicted molar refractivity (Wildman–Crippen MR) is 111 cm³/mol. The van der Waals surface area contributed by atoms with E-state index in [0.717, 1.165) is 28.2 Å². The lowest BCUT2D eigenvalue weighted by Crippen LogP contribution is -2.02. The number of rotatable bonds is 3. The molecule has 0 spiro atoms. The lowest BCUT2D eigenvalue weighted by molar-refractivity contribution is 1.01. The Kier molecular flexibility index (Phi) is 4.31. The van der Waals surface area contributed by atoms with Crippen molar-refractivity contribution in [3.05, 3.63) is 94.8 Å². The number of hydrogen-bond donors (Lipinski definition) is 1. The quantitative estimate of drug-likeness (QED) is 0.416. The van der Waals surface area contributed by atoms with Gasteiger partial charge >= 0.3 is 0 Å². The van der Waals surface area contributed by atoms with Crippen LogP contribution in [0.1, 0.15) is 11.1 Å². The molecule has 0 saturated carbocycles. The van der Waals surface area contributed by atoms with Gasteiger partial charge in [0.2, 0.25) is 0 Å². The van der Waals surface area contributed by atoms with Gasteiger partial charge in [-0.15, -0.1) is 0 Å². The van der Waals surface area contributed by atoms with E-state index in [-0.39, 0.29) is 0 Å². The van der Waals surface area contributed by atoms with Crippen LogP contribution >= 0.6 is 12.2 Å². The van der Waals surface area contributed by atoms with Crippen LogP contribution in [0, 0.1) is 18.6 Å². The molecule has 0 aliphatic carbocycles. The predicted octanol–water partition coefficient (Wildman–Crippen LogP) is 6.49. The number of para-hydroxylation sites is 1. The van der Waals surface area contributed by atoms with Crippen LogP contribution in [0.15, 0.2) is 78.9 Å². The molecule has 0 bridgehead atoms. The van der Waals surface area contributed by atoms with Gasteiger partial charge in [-0.05, 0) is 37.2 Å². The van der Waals surface area contributed by atoms with Crippen molar-refractivity contribution in [3.63, 3.8) is 0 Å². The molecule has 0 saturated heterocycles. The lowest BCUT2D eigenvalue weighted by atomic mass is 10.0. The van der Waals surface area contributed by atoms with Crippen LogP contribution in [0.25, 0.3) is 28.2 Å². The number of hydrogen-bond acceptors (Lipinski definition) is 1. The monoisotopic (exact) mass is 356 g/mol. The maximum Gasteiger partial charge on any atom is 0.182 e. The molecule has 4 rings (SSSR count). The van der Waals surface area contributed by atoms with Gasteiger partial charge in [0.15, 0.2) is 4.77 Å². The minimum absolute atomic E-state index is 0.708. The summed E-state index contributed by atoms with van der Waals surface area (Å²) in [6.07, 6.45) is 0. The Morgan fingerprint density at radius 2 is 1.23 bits per heavy atom. The van der Waals surface area contributed by atoms with E-state index in [0.29, 0.717) is 4.77 Å². The topological polar surface area (TPSA) is 20.7 Å².